The molecule has 3 rings (SSSR count). The number of alkyl halides is 3. The van der Waals surface area contributed by atoms with Crippen molar-refractivity contribution in [1.82, 2.24) is 15.0 Å². The van der Waals surface area contributed by atoms with Gasteiger partial charge in [-0.25, -0.2) is 4.98 Å². The van der Waals surface area contributed by atoms with Crippen molar-refractivity contribution in [1.29, 1.82) is 5.26 Å². The summed E-state index contributed by atoms with van der Waals surface area (Å²) < 4.78 is 38.8. The Kier molecular flexibility index (Phi) is 4.47. The lowest BCUT2D eigenvalue weighted by atomic mass is 10.1. The van der Waals surface area contributed by atoms with Crippen LogP contribution in [0.1, 0.15) is 22.5 Å². The number of H-pyrrole nitrogens is 1. The molecule has 8 heteroatoms. The molecule has 0 saturated heterocycles. The summed E-state index contributed by atoms with van der Waals surface area (Å²) in [6, 6.07) is 8.95. The summed E-state index contributed by atoms with van der Waals surface area (Å²) in [5.74, 6) is 0.445. The van der Waals surface area contributed by atoms with Gasteiger partial charge in [0.15, 0.2) is 0 Å². The molecule has 2 heterocycles. The second-order valence-electron chi connectivity index (χ2n) is 5.24. The second-order valence-corrected chi connectivity index (χ2v) is 5.62. The summed E-state index contributed by atoms with van der Waals surface area (Å²) >= 11 is 5.90. The second kappa shape index (κ2) is 6.57. The van der Waals surface area contributed by atoms with Crippen molar-refractivity contribution < 1.29 is 13.2 Å². The molecule has 0 radical (unpaired) electrons. The number of halogens is 4. The smallest absolute Gasteiger partial charge is 0.340 e. The van der Waals surface area contributed by atoms with Crippen LogP contribution in [0.4, 0.5) is 13.2 Å². The molecule has 0 spiro atoms. The number of nitrogens with zero attached hydrogens (tertiary/aromatic N) is 3. The first kappa shape index (κ1) is 17.0. The fourth-order valence-corrected chi connectivity index (χ4v) is 2.65. The van der Waals surface area contributed by atoms with Gasteiger partial charge in [0.2, 0.25) is 0 Å². The minimum Gasteiger partial charge on any atom is -0.340 e. The Bertz CT molecular complexity index is 957. The fourth-order valence-electron chi connectivity index (χ4n) is 2.35. The van der Waals surface area contributed by atoms with Crippen LogP contribution < -0.4 is 0 Å². The van der Waals surface area contributed by atoms with Crippen LogP contribution in [-0.2, 0) is 12.6 Å². The maximum atomic E-state index is 12.9. The molecule has 25 heavy (non-hydrogen) atoms. The summed E-state index contributed by atoms with van der Waals surface area (Å²) in [5.41, 5.74) is 0.975. The number of hydrogen-bond acceptors (Lipinski definition) is 3. The van der Waals surface area contributed by atoms with Crippen molar-refractivity contribution in [2.45, 2.75) is 12.6 Å². The summed E-state index contributed by atoms with van der Waals surface area (Å²) in [7, 11) is 0. The summed E-state index contributed by atoms with van der Waals surface area (Å²) in [6.07, 6.45) is -1.39. The van der Waals surface area contributed by atoms with Crippen molar-refractivity contribution >= 4 is 11.6 Å². The van der Waals surface area contributed by atoms with Gasteiger partial charge in [0.05, 0.1) is 39.8 Å². The van der Waals surface area contributed by atoms with Crippen molar-refractivity contribution in [3.63, 3.8) is 0 Å². The van der Waals surface area contributed by atoms with Gasteiger partial charge in [0, 0.05) is 12.6 Å². The maximum Gasteiger partial charge on any atom is 0.417 e. The summed E-state index contributed by atoms with van der Waals surface area (Å²) in [6.45, 7) is 0. The molecule has 0 saturated carbocycles. The van der Waals surface area contributed by atoms with E-state index in [1.165, 1.54) is 24.5 Å². The topological polar surface area (TPSA) is 65.4 Å². The number of pyridine rings is 1. The standard InChI is InChI=1S/C17H10ClF3N4/c18-16-11(2-1-3-12(16)17(19,20)21)7-15-24-9-14(25-15)13-6-10(8-22)4-5-23-13/h1-6,9H,7H2,(H,24,25). The highest BCUT2D eigenvalue weighted by molar-refractivity contribution is 6.32. The number of hydrogen-bond donors (Lipinski definition) is 1. The van der Waals surface area contributed by atoms with Gasteiger partial charge in [-0.3, -0.25) is 4.98 Å². The average molecular weight is 363 g/mol. The molecule has 0 aliphatic heterocycles. The molecule has 0 aliphatic carbocycles. The number of nitriles is 1. The number of aromatic amines is 1. The molecule has 1 aromatic carbocycles. The fraction of sp³-hybridized carbons (Fsp3) is 0.118. The van der Waals surface area contributed by atoms with Crippen molar-refractivity contribution in [3.05, 3.63) is 70.3 Å². The zero-order valence-electron chi connectivity index (χ0n) is 12.6. The van der Waals surface area contributed by atoms with Crippen LogP contribution in [0.2, 0.25) is 5.02 Å². The first-order valence-electron chi connectivity index (χ1n) is 7.13. The number of benzene rings is 1. The van der Waals surface area contributed by atoms with E-state index in [1.807, 2.05) is 6.07 Å². The lowest BCUT2D eigenvalue weighted by molar-refractivity contribution is -0.137. The maximum absolute atomic E-state index is 12.9. The lowest BCUT2D eigenvalue weighted by Crippen LogP contribution is -2.07. The zero-order chi connectivity index (χ0) is 18.0. The molecule has 4 nitrogen and oxygen atoms in total. The highest BCUT2D eigenvalue weighted by Crippen LogP contribution is 2.36. The minimum absolute atomic E-state index is 0.112. The Labute approximate surface area is 145 Å². The largest absolute Gasteiger partial charge is 0.417 e. The first-order chi connectivity index (χ1) is 11.9. The molecule has 0 atom stereocenters. The Hall–Kier alpha value is -2.85. The Morgan fingerprint density at radius 1 is 1.20 bits per heavy atom. The Morgan fingerprint density at radius 2 is 2.00 bits per heavy atom. The molecule has 0 aliphatic rings. The van der Waals surface area contributed by atoms with E-state index in [1.54, 1.807) is 12.1 Å². The van der Waals surface area contributed by atoms with Gasteiger partial charge in [-0.05, 0) is 23.8 Å². The van der Waals surface area contributed by atoms with E-state index >= 15 is 0 Å². The van der Waals surface area contributed by atoms with E-state index in [4.69, 9.17) is 16.9 Å². The molecular weight excluding hydrogens is 353 g/mol. The van der Waals surface area contributed by atoms with Crippen LogP contribution in [0.5, 0.6) is 0 Å². The molecule has 0 unspecified atom stereocenters. The van der Waals surface area contributed by atoms with Gasteiger partial charge in [-0.15, -0.1) is 0 Å². The number of nitrogens with one attached hydrogen (secondary N) is 1. The molecule has 0 fully saturated rings. The molecule has 1 N–H and O–H groups in total. The lowest BCUT2D eigenvalue weighted by Gasteiger charge is -2.11. The van der Waals surface area contributed by atoms with Gasteiger partial charge in [0.1, 0.15) is 5.82 Å². The van der Waals surface area contributed by atoms with E-state index in [-0.39, 0.29) is 11.4 Å². The molecule has 2 aromatic heterocycles. The predicted molar refractivity (Wildman–Crippen MR) is 85.8 cm³/mol. The van der Waals surface area contributed by atoms with Crippen LogP contribution in [0.3, 0.4) is 0 Å². The molecule has 0 bridgehead atoms. The summed E-state index contributed by atoms with van der Waals surface area (Å²) in [5, 5.41) is 8.59. The highest BCUT2D eigenvalue weighted by Gasteiger charge is 2.33. The normalized spacial score (nSPS) is 11.3. The Balaban J connectivity index is 1.89. The van der Waals surface area contributed by atoms with Crippen molar-refractivity contribution in [3.8, 4) is 17.5 Å². The van der Waals surface area contributed by atoms with Gasteiger partial charge < -0.3 is 4.98 Å². The van der Waals surface area contributed by atoms with Gasteiger partial charge >= 0.3 is 6.18 Å². The van der Waals surface area contributed by atoms with Crippen LogP contribution in [-0.4, -0.2) is 15.0 Å². The predicted octanol–water partition coefficient (Wildman–Crippen LogP) is 4.61. The zero-order valence-corrected chi connectivity index (χ0v) is 13.4. The number of imidazole rings is 1. The molecule has 3 aromatic rings. The van der Waals surface area contributed by atoms with Gasteiger partial charge in [0.25, 0.3) is 0 Å². The molecular formula is C17H10ClF3N4. The van der Waals surface area contributed by atoms with E-state index in [2.05, 4.69) is 15.0 Å². The third-order valence-corrected chi connectivity index (χ3v) is 3.98. The van der Waals surface area contributed by atoms with Crippen LogP contribution >= 0.6 is 11.6 Å². The highest BCUT2D eigenvalue weighted by atomic mass is 35.5. The molecule has 126 valence electrons. The number of rotatable bonds is 3. The first-order valence-corrected chi connectivity index (χ1v) is 7.51. The van der Waals surface area contributed by atoms with Gasteiger partial charge in [-0.2, -0.15) is 18.4 Å². The monoisotopic (exact) mass is 362 g/mol. The van der Waals surface area contributed by atoms with Crippen LogP contribution in [0, 0.1) is 11.3 Å². The van der Waals surface area contributed by atoms with Crippen molar-refractivity contribution in [2.75, 3.05) is 0 Å². The van der Waals surface area contributed by atoms with E-state index in [0.717, 1.165) is 6.07 Å². The van der Waals surface area contributed by atoms with E-state index in [9.17, 15) is 13.2 Å². The van der Waals surface area contributed by atoms with E-state index < -0.39 is 11.7 Å². The third-order valence-electron chi connectivity index (χ3n) is 3.54. The minimum atomic E-state index is -4.51. The van der Waals surface area contributed by atoms with Crippen LogP contribution in [0.15, 0.2) is 42.7 Å². The Morgan fingerprint density at radius 3 is 2.72 bits per heavy atom. The average Bonchev–Trinajstić information content (AvgIpc) is 3.04. The number of aromatic nitrogens is 3. The van der Waals surface area contributed by atoms with Crippen molar-refractivity contribution in [2.24, 2.45) is 0 Å². The third kappa shape index (κ3) is 3.64. The van der Waals surface area contributed by atoms with Gasteiger partial charge in [-0.1, -0.05) is 23.7 Å². The quantitative estimate of drug-likeness (QED) is 0.740. The van der Waals surface area contributed by atoms with E-state index in [0.29, 0.717) is 28.3 Å². The summed E-state index contributed by atoms with van der Waals surface area (Å²) in [4.78, 5) is 11.3. The van der Waals surface area contributed by atoms with Crippen LogP contribution in [0.25, 0.3) is 11.4 Å². The SMILES string of the molecule is N#Cc1ccnc(-c2cnc(Cc3cccc(C(F)(F)F)c3Cl)[nH]2)c1. The molecule has 0 amide bonds.